The second-order valence-electron chi connectivity index (χ2n) is 5.45. The first-order valence-corrected chi connectivity index (χ1v) is 8.14. The van der Waals surface area contributed by atoms with Gasteiger partial charge < -0.3 is 10.1 Å². The van der Waals surface area contributed by atoms with E-state index in [2.05, 4.69) is 21.2 Å². The number of methoxy groups -OCH3 is 1. The summed E-state index contributed by atoms with van der Waals surface area (Å²) in [4.78, 5) is 13.9. The Morgan fingerprint density at radius 3 is 2.83 bits per heavy atom. The molecule has 2 aromatic rings. The van der Waals surface area contributed by atoms with E-state index in [-0.39, 0.29) is 12.6 Å². The molecule has 7 heteroatoms. The van der Waals surface area contributed by atoms with E-state index in [1.54, 1.807) is 12.1 Å². The van der Waals surface area contributed by atoms with E-state index in [0.29, 0.717) is 34.4 Å². The van der Waals surface area contributed by atoms with Gasteiger partial charge in [0.1, 0.15) is 17.4 Å². The molecule has 0 unspecified atom stereocenters. The van der Waals surface area contributed by atoms with Crippen LogP contribution in [0, 0.1) is 11.6 Å². The molecule has 1 heterocycles. The van der Waals surface area contributed by atoms with Crippen LogP contribution in [0.15, 0.2) is 34.8 Å². The Labute approximate surface area is 146 Å². The molecule has 1 N–H and O–H groups in total. The molecule has 1 aliphatic rings. The maximum atomic E-state index is 13.7. The average molecular weight is 397 g/mol. The Morgan fingerprint density at radius 1 is 1.29 bits per heavy atom. The van der Waals surface area contributed by atoms with Gasteiger partial charge in [0.05, 0.1) is 17.3 Å². The van der Waals surface area contributed by atoms with Crippen LogP contribution in [-0.4, -0.2) is 19.7 Å². The third-order valence-electron chi connectivity index (χ3n) is 3.87. The van der Waals surface area contributed by atoms with Crippen molar-refractivity contribution in [3.8, 4) is 5.75 Å². The van der Waals surface area contributed by atoms with Crippen LogP contribution in [-0.2, 0) is 13.0 Å². The highest BCUT2D eigenvalue weighted by molar-refractivity contribution is 9.10. The summed E-state index contributed by atoms with van der Waals surface area (Å²) >= 11 is 3.15. The Balaban J connectivity index is 1.71. The van der Waals surface area contributed by atoms with Crippen LogP contribution in [0.2, 0.25) is 0 Å². The quantitative estimate of drug-likeness (QED) is 0.851. The molecule has 0 fully saturated rings. The molecular weight excluding hydrogens is 382 g/mol. The van der Waals surface area contributed by atoms with Gasteiger partial charge in [-0.25, -0.2) is 13.6 Å². The molecule has 1 aliphatic heterocycles. The maximum absolute atomic E-state index is 13.7. The van der Waals surface area contributed by atoms with Crippen LogP contribution in [0.5, 0.6) is 5.75 Å². The Kier molecular flexibility index (Phi) is 4.71. The highest BCUT2D eigenvalue weighted by atomic mass is 79.9. The number of halogens is 3. The lowest BCUT2D eigenvalue weighted by molar-refractivity contribution is 0.246. The first kappa shape index (κ1) is 16.7. The minimum atomic E-state index is -0.433. The van der Waals surface area contributed by atoms with Gasteiger partial charge in [0.2, 0.25) is 0 Å². The summed E-state index contributed by atoms with van der Waals surface area (Å²) in [5.41, 5.74) is 2.05. The molecule has 0 aromatic heterocycles. The number of nitrogens with zero attached hydrogens (tertiary/aromatic N) is 1. The third-order valence-corrected chi connectivity index (χ3v) is 4.48. The van der Waals surface area contributed by atoms with Gasteiger partial charge in [0, 0.05) is 19.2 Å². The molecule has 4 nitrogen and oxygen atoms in total. The lowest BCUT2D eigenvalue weighted by atomic mass is 10.2. The molecular formula is C17H15BrF2N2O2. The minimum absolute atomic E-state index is 0.151. The summed E-state index contributed by atoms with van der Waals surface area (Å²) in [7, 11) is 1.45. The summed E-state index contributed by atoms with van der Waals surface area (Å²) in [5.74, 6) is -0.460. The molecule has 0 spiro atoms. The fourth-order valence-electron chi connectivity index (χ4n) is 2.71. The molecule has 0 atom stereocenters. The van der Waals surface area contributed by atoms with E-state index in [4.69, 9.17) is 4.74 Å². The van der Waals surface area contributed by atoms with Gasteiger partial charge in [-0.05, 0) is 57.7 Å². The maximum Gasteiger partial charge on any atom is 0.322 e. The molecule has 24 heavy (non-hydrogen) atoms. The van der Waals surface area contributed by atoms with Gasteiger partial charge in [0.25, 0.3) is 0 Å². The van der Waals surface area contributed by atoms with E-state index in [1.165, 1.54) is 30.2 Å². The van der Waals surface area contributed by atoms with Crippen LogP contribution in [0.3, 0.4) is 0 Å². The topological polar surface area (TPSA) is 41.6 Å². The number of hydrogen-bond donors (Lipinski definition) is 1. The number of hydrogen-bond acceptors (Lipinski definition) is 2. The van der Waals surface area contributed by atoms with Crippen molar-refractivity contribution in [3.05, 3.63) is 57.6 Å². The van der Waals surface area contributed by atoms with Crippen molar-refractivity contribution >= 4 is 27.6 Å². The summed E-state index contributed by atoms with van der Waals surface area (Å²) in [6, 6.07) is 6.93. The summed E-state index contributed by atoms with van der Waals surface area (Å²) in [6.45, 7) is 0.626. The first-order valence-electron chi connectivity index (χ1n) is 7.34. The van der Waals surface area contributed by atoms with E-state index in [0.717, 1.165) is 5.56 Å². The predicted molar refractivity (Wildman–Crippen MR) is 90.3 cm³/mol. The fraction of sp³-hybridized carbons (Fsp3) is 0.235. The molecule has 126 valence electrons. The number of rotatable bonds is 3. The summed E-state index contributed by atoms with van der Waals surface area (Å²) < 4.78 is 32.6. The molecule has 3 rings (SSSR count). The van der Waals surface area contributed by atoms with Gasteiger partial charge in [-0.3, -0.25) is 4.90 Å². The van der Waals surface area contributed by atoms with Gasteiger partial charge >= 0.3 is 6.03 Å². The SMILES string of the molecule is COc1cc(F)cc(CNC(=O)N2CCc3cc(Br)c(F)cc32)c1. The zero-order chi connectivity index (χ0) is 17.3. The van der Waals surface area contributed by atoms with Crippen molar-refractivity contribution in [2.75, 3.05) is 18.6 Å². The molecule has 0 saturated carbocycles. The standard InChI is InChI=1S/C17H15BrF2N2O2/c1-24-13-5-10(4-12(19)7-13)9-21-17(23)22-3-2-11-6-14(18)15(20)8-16(11)22/h4-8H,2-3,9H2,1H3,(H,21,23). The average Bonchev–Trinajstić information content (AvgIpc) is 2.95. The van der Waals surface area contributed by atoms with Crippen molar-refractivity contribution < 1.29 is 18.3 Å². The van der Waals surface area contributed by atoms with Crippen molar-refractivity contribution in [1.82, 2.24) is 5.32 Å². The molecule has 0 saturated heterocycles. The second kappa shape index (κ2) is 6.76. The molecule has 0 radical (unpaired) electrons. The number of fused-ring (bicyclic) bond motifs is 1. The molecule has 0 aliphatic carbocycles. The van der Waals surface area contributed by atoms with Crippen LogP contribution in [0.25, 0.3) is 0 Å². The highest BCUT2D eigenvalue weighted by Crippen LogP contribution is 2.32. The van der Waals surface area contributed by atoms with E-state index >= 15 is 0 Å². The predicted octanol–water partition coefficient (Wildman–Crippen LogP) is 4.01. The number of ether oxygens (including phenoxy) is 1. The Morgan fingerprint density at radius 2 is 2.08 bits per heavy atom. The van der Waals surface area contributed by atoms with E-state index < -0.39 is 11.6 Å². The number of amides is 2. The first-order chi connectivity index (χ1) is 11.5. The van der Waals surface area contributed by atoms with Crippen LogP contribution < -0.4 is 15.0 Å². The van der Waals surface area contributed by atoms with E-state index in [9.17, 15) is 13.6 Å². The van der Waals surface area contributed by atoms with Gasteiger partial charge in [-0.2, -0.15) is 0 Å². The number of urea groups is 1. The molecule has 2 amide bonds. The van der Waals surface area contributed by atoms with Crippen molar-refractivity contribution in [2.24, 2.45) is 0 Å². The number of carbonyl (C=O) groups is 1. The van der Waals surface area contributed by atoms with Crippen LogP contribution in [0.1, 0.15) is 11.1 Å². The number of carbonyl (C=O) groups excluding carboxylic acids is 1. The lowest BCUT2D eigenvalue weighted by Crippen LogP contribution is -2.38. The zero-order valence-corrected chi connectivity index (χ0v) is 14.5. The second-order valence-corrected chi connectivity index (χ2v) is 6.31. The van der Waals surface area contributed by atoms with Crippen LogP contribution >= 0.6 is 15.9 Å². The van der Waals surface area contributed by atoms with Gasteiger partial charge in [-0.1, -0.05) is 0 Å². The van der Waals surface area contributed by atoms with Crippen LogP contribution in [0.4, 0.5) is 19.3 Å². The Bertz CT molecular complexity index is 798. The van der Waals surface area contributed by atoms with Crippen molar-refractivity contribution in [2.45, 2.75) is 13.0 Å². The third kappa shape index (κ3) is 3.36. The lowest BCUT2D eigenvalue weighted by Gasteiger charge is -2.18. The number of benzene rings is 2. The molecule has 2 aromatic carbocycles. The zero-order valence-electron chi connectivity index (χ0n) is 12.9. The smallest absolute Gasteiger partial charge is 0.322 e. The fourth-order valence-corrected chi connectivity index (χ4v) is 3.10. The Hall–Kier alpha value is -2.15. The normalized spacial score (nSPS) is 12.9. The monoisotopic (exact) mass is 396 g/mol. The van der Waals surface area contributed by atoms with Gasteiger partial charge in [-0.15, -0.1) is 0 Å². The summed E-state index contributed by atoms with van der Waals surface area (Å²) in [6.07, 6.45) is 0.662. The van der Waals surface area contributed by atoms with E-state index in [1.807, 2.05) is 0 Å². The highest BCUT2D eigenvalue weighted by Gasteiger charge is 2.26. The summed E-state index contributed by atoms with van der Waals surface area (Å²) in [5, 5.41) is 2.72. The minimum Gasteiger partial charge on any atom is -0.497 e. The largest absolute Gasteiger partial charge is 0.497 e. The molecule has 0 bridgehead atoms. The number of nitrogens with one attached hydrogen (secondary N) is 1. The van der Waals surface area contributed by atoms with Gasteiger partial charge in [0.15, 0.2) is 0 Å². The number of anilines is 1. The van der Waals surface area contributed by atoms with Crippen molar-refractivity contribution in [1.29, 1.82) is 0 Å². The van der Waals surface area contributed by atoms with Crippen molar-refractivity contribution in [3.63, 3.8) is 0 Å².